The SMILES string of the molecule is O=C(O)C1(CC2CCCCC2O)CC1. The molecule has 0 bridgehead atoms. The Morgan fingerprint density at radius 3 is 2.43 bits per heavy atom. The van der Waals surface area contributed by atoms with Gasteiger partial charge in [-0.2, -0.15) is 0 Å². The van der Waals surface area contributed by atoms with Gasteiger partial charge in [-0.05, 0) is 38.0 Å². The fourth-order valence-corrected chi connectivity index (χ4v) is 2.58. The number of carboxylic acid groups (broad SMARTS) is 1. The van der Waals surface area contributed by atoms with E-state index in [4.69, 9.17) is 5.11 Å². The number of aliphatic carboxylic acids is 1. The Kier molecular flexibility index (Phi) is 2.52. The summed E-state index contributed by atoms with van der Waals surface area (Å²) < 4.78 is 0. The van der Waals surface area contributed by atoms with Gasteiger partial charge in [-0.25, -0.2) is 0 Å². The van der Waals surface area contributed by atoms with Crippen molar-refractivity contribution in [2.75, 3.05) is 0 Å². The molecule has 0 spiro atoms. The Labute approximate surface area is 84.1 Å². The van der Waals surface area contributed by atoms with Crippen LogP contribution in [0.2, 0.25) is 0 Å². The van der Waals surface area contributed by atoms with Gasteiger partial charge in [-0.15, -0.1) is 0 Å². The zero-order valence-electron chi connectivity index (χ0n) is 8.41. The molecule has 0 saturated heterocycles. The van der Waals surface area contributed by atoms with Crippen molar-refractivity contribution in [1.82, 2.24) is 0 Å². The zero-order valence-corrected chi connectivity index (χ0v) is 8.41. The van der Waals surface area contributed by atoms with Crippen LogP contribution in [-0.2, 0) is 4.79 Å². The summed E-state index contributed by atoms with van der Waals surface area (Å²) in [5.74, 6) is -0.419. The van der Waals surface area contributed by atoms with Crippen molar-refractivity contribution in [2.45, 2.75) is 51.0 Å². The van der Waals surface area contributed by atoms with Crippen LogP contribution in [0.25, 0.3) is 0 Å². The van der Waals surface area contributed by atoms with Crippen LogP contribution >= 0.6 is 0 Å². The summed E-state index contributed by atoms with van der Waals surface area (Å²) in [5.41, 5.74) is -0.455. The maximum Gasteiger partial charge on any atom is 0.309 e. The molecule has 2 saturated carbocycles. The molecule has 2 aliphatic rings. The normalized spacial score (nSPS) is 35.2. The van der Waals surface area contributed by atoms with E-state index in [-0.39, 0.29) is 12.0 Å². The van der Waals surface area contributed by atoms with Gasteiger partial charge in [0.15, 0.2) is 0 Å². The van der Waals surface area contributed by atoms with Gasteiger partial charge in [0, 0.05) is 0 Å². The van der Waals surface area contributed by atoms with Gasteiger partial charge in [-0.1, -0.05) is 12.8 Å². The molecule has 3 heteroatoms. The summed E-state index contributed by atoms with van der Waals surface area (Å²) in [4.78, 5) is 11.0. The number of rotatable bonds is 3. The highest BCUT2D eigenvalue weighted by molar-refractivity contribution is 5.77. The van der Waals surface area contributed by atoms with E-state index in [0.717, 1.165) is 38.5 Å². The number of hydrogen-bond acceptors (Lipinski definition) is 2. The Hall–Kier alpha value is -0.570. The third-order valence-corrected chi connectivity index (χ3v) is 3.83. The minimum absolute atomic E-state index is 0.238. The first kappa shape index (κ1) is 9.97. The molecule has 80 valence electrons. The molecule has 2 rings (SSSR count). The summed E-state index contributed by atoms with van der Waals surface area (Å²) >= 11 is 0. The highest BCUT2D eigenvalue weighted by atomic mass is 16.4. The van der Waals surface area contributed by atoms with Gasteiger partial charge in [0.2, 0.25) is 0 Å². The fraction of sp³-hybridized carbons (Fsp3) is 0.909. The molecule has 0 heterocycles. The monoisotopic (exact) mass is 198 g/mol. The number of aliphatic hydroxyl groups is 1. The smallest absolute Gasteiger partial charge is 0.309 e. The fourth-order valence-electron chi connectivity index (χ4n) is 2.58. The lowest BCUT2D eigenvalue weighted by Gasteiger charge is -2.29. The second kappa shape index (κ2) is 3.54. The standard InChI is InChI=1S/C11H18O3/c12-9-4-2-1-3-8(9)7-11(5-6-11)10(13)14/h8-9,12H,1-7H2,(H,13,14). The Morgan fingerprint density at radius 1 is 1.29 bits per heavy atom. The lowest BCUT2D eigenvalue weighted by Crippen LogP contribution is -2.29. The number of carbonyl (C=O) groups is 1. The molecule has 0 radical (unpaired) electrons. The molecule has 2 aliphatic carbocycles. The molecule has 2 atom stereocenters. The third kappa shape index (κ3) is 1.78. The largest absolute Gasteiger partial charge is 0.481 e. The van der Waals surface area contributed by atoms with Crippen LogP contribution in [0.1, 0.15) is 44.9 Å². The van der Waals surface area contributed by atoms with Gasteiger partial charge in [-0.3, -0.25) is 4.79 Å². The van der Waals surface area contributed by atoms with Crippen LogP contribution in [0.5, 0.6) is 0 Å². The molecule has 2 fully saturated rings. The van der Waals surface area contributed by atoms with Crippen molar-refractivity contribution in [3.63, 3.8) is 0 Å². The maximum atomic E-state index is 11.0. The predicted octanol–water partition coefficient (Wildman–Crippen LogP) is 1.79. The molecule has 2 unspecified atom stereocenters. The van der Waals surface area contributed by atoms with E-state index < -0.39 is 11.4 Å². The van der Waals surface area contributed by atoms with Crippen molar-refractivity contribution in [2.24, 2.45) is 11.3 Å². The minimum atomic E-state index is -0.657. The Bertz CT molecular complexity index is 233. The molecule has 0 aromatic carbocycles. The third-order valence-electron chi connectivity index (χ3n) is 3.83. The average molecular weight is 198 g/mol. The quantitative estimate of drug-likeness (QED) is 0.727. The molecule has 3 nitrogen and oxygen atoms in total. The topological polar surface area (TPSA) is 57.5 Å². The summed E-state index contributed by atoms with van der Waals surface area (Å²) in [6, 6.07) is 0. The van der Waals surface area contributed by atoms with Crippen LogP contribution < -0.4 is 0 Å². The lowest BCUT2D eigenvalue weighted by atomic mass is 9.79. The number of hydrogen-bond donors (Lipinski definition) is 2. The van der Waals surface area contributed by atoms with Crippen molar-refractivity contribution in [3.05, 3.63) is 0 Å². The lowest BCUT2D eigenvalue weighted by molar-refractivity contribution is -0.144. The molecular formula is C11H18O3. The summed E-state index contributed by atoms with van der Waals surface area (Å²) in [5, 5.41) is 18.8. The molecular weight excluding hydrogens is 180 g/mol. The van der Waals surface area contributed by atoms with E-state index in [1.54, 1.807) is 0 Å². The average Bonchev–Trinajstić information content (AvgIpc) is 2.90. The van der Waals surface area contributed by atoms with E-state index in [0.29, 0.717) is 6.42 Å². The van der Waals surface area contributed by atoms with Crippen molar-refractivity contribution in [3.8, 4) is 0 Å². The van der Waals surface area contributed by atoms with Crippen LogP contribution in [0, 0.1) is 11.3 Å². The Morgan fingerprint density at radius 2 is 1.93 bits per heavy atom. The van der Waals surface area contributed by atoms with Crippen LogP contribution in [0.15, 0.2) is 0 Å². The maximum absolute atomic E-state index is 11.0. The van der Waals surface area contributed by atoms with Crippen molar-refractivity contribution in [1.29, 1.82) is 0 Å². The zero-order chi connectivity index (χ0) is 10.2. The van der Waals surface area contributed by atoms with E-state index in [2.05, 4.69) is 0 Å². The molecule has 0 aromatic rings. The van der Waals surface area contributed by atoms with Gasteiger partial charge < -0.3 is 10.2 Å². The highest BCUT2D eigenvalue weighted by Gasteiger charge is 2.51. The Balaban J connectivity index is 1.93. The first-order chi connectivity index (χ1) is 6.64. The van der Waals surface area contributed by atoms with E-state index >= 15 is 0 Å². The molecule has 0 aliphatic heterocycles. The molecule has 2 N–H and O–H groups in total. The van der Waals surface area contributed by atoms with Crippen LogP contribution in [0.4, 0.5) is 0 Å². The predicted molar refractivity (Wildman–Crippen MR) is 51.9 cm³/mol. The first-order valence-corrected chi connectivity index (χ1v) is 5.55. The van der Waals surface area contributed by atoms with E-state index in [1.165, 1.54) is 0 Å². The first-order valence-electron chi connectivity index (χ1n) is 5.55. The molecule has 0 aromatic heterocycles. The van der Waals surface area contributed by atoms with E-state index in [9.17, 15) is 9.90 Å². The molecule has 0 amide bonds. The van der Waals surface area contributed by atoms with Gasteiger partial charge in [0.25, 0.3) is 0 Å². The van der Waals surface area contributed by atoms with Crippen LogP contribution in [-0.4, -0.2) is 22.3 Å². The highest BCUT2D eigenvalue weighted by Crippen LogP contribution is 2.52. The van der Waals surface area contributed by atoms with Crippen LogP contribution in [0.3, 0.4) is 0 Å². The summed E-state index contributed by atoms with van der Waals surface area (Å²) in [7, 11) is 0. The summed E-state index contributed by atoms with van der Waals surface area (Å²) in [6.45, 7) is 0. The van der Waals surface area contributed by atoms with Crippen molar-refractivity contribution >= 4 is 5.97 Å². The van der Waals surface area contributed by atoms with Gasteiger partial charge >= 0.3 is 5.97 Å². The van der Waals surface area contributed by atoms with Crippen molar-refractivity contribution < 1.29 is 15.0 Å². The van der Waals surface area contributed by atoms with E-state index in [1.807, 2.05) is 0 Å². The second-order valence-corrected chi connectivity index (χ2v) is 4.90. The molecule has 14 heavy (non-hydrogen) atoms. The number of carboxylic acids is 1. The second-order valence-electron chi connectivity index (χ2n) is 4.90. The van der Waals surface area contributed by atoms with Gasteiger partial charge in [0.05, 0.1) is 11.5 Å². The van der Waals surface area contributed by atoms with Gasteiger partial charge in [0.1, 0.15) is 0 Å². The summed E-state index contributed by atoms with van der Waals surface area (Å²) in [6.07, 6.45) is 6.19. The number of aliphatic hydroxyl groups excluding tert-OH is 1. The minimum Gasteiger partial charge on any atom is -0.481 e.